The van der Waals surface area contributed by atoms with Crippen LogP contribution in [0.3, 0.4) is 0 Å². The summed E-state index contributed by atoms with van der Waals surface area (Å²) in [4.78, 5) is 58.2. The van der Waals surface area contributed by atoms with Gasteiger partial charge in [0.1, 0.15) is 22.8 Å². The number of hydrogen-bond donors (Lipinski definition) is 3. The van der Waals surface area contributed by atoms with Gasteiger partial charge in [0, 0.05) is 46.6 Å². The van der Waals surface area contributed by atoms with Gasteiger partial charge in [0.05, 0.1) is 25.5 Å². The number of carbonyl (C=O) groups excluding carboxylic acids is 4. The first-order valence-corrected chi connectivity index (χ1v) is 18.0. The minimum atomic E-state index is -0.772. The molecule has 13 heteroatoms. The Morgan fingerprint density at radius 1 is 0.962 bits per heavy atom. The standard InChI is InChI=1S/C39H44N4O8S/c1-8-15-40-36(45)30-12-10-25(33(42-30)37(46)48-7)26-20-31-28(34-24(13-16-49-31)14-17-52-34)19-27(26)35(44)43-29-11-9-23(18-32(29)50-22(2)3)21-41-38(47)51-39(4,5)6/h9-12,14,17-20,22H,8,13,15-16,21H2,1-7H3,(H,40,45)(H,41,47)(H,43,44). The molecule has 0 saturated heterocycles. The fourth-order valence-corrected chi connectivity index (χ4v) is 6.50. The van der Waals surface area contributed by atoms with Gasteiger partial charge in [-0.1, -0.05) is 13.0 Å². The maximum absolute atomic E-state index is 14.5. The van der Waals surface area contributed by atoms with Crippen molar-refractivity contribution in [1.29, 1.82) is 0 Å². The van der Waals surface area contributed by atoms with E-state index in [2.05, 4.69) is 20.9 Å². The highest BCUT2D eigenvalue weighted by Gasteiger charge is 2.27. The molecule has 0 fully saturated rings. The average molecular weight is 729 g/mol. The molecule has 1 aliphatic rings. The summed E-state index contributed by atoms with van der Waals surface area (Å²) in [6, 6.07) is 13.9. The summed E-state index contributed by atoms with van der Waals surface area (Å²) >= 11 is 1.55. The lowest BCUT2D eigenvalue weighted by Gasteiger charge is -2.20. The molecule has 0 saturated carbocycles. The van der Waals surface area contributed by atoms with E-state index in [1.54, 1.807) is 68.5 Å². The molecule has 3 N–H and O–H groups in total. The molecular formula is C39H44N4O8S. The normalized spacial score (nSPS) is 12.1. The minimum Gasteiger partial charge on any atom is -0.493 e. The highest BCUT2D eigenvalue weighted by molar-refractivity contribution is 7.13. The molecular weight excluding hydrogens is 685 g/mol. The van der Waals surface area contributed by atoms with Crippen molar-refractivity contribution >= 4 is 40.9 Å². The van der Waals surface area contributed by atoms with Gasteiger partial charge in [-0.05, 0) is 100 Å². The molecule has 0 atom stereocenters. The topological polar surface area (TPSA) is 154 Å². The van der Waals surface area contributed by atoms with Crippen molar-refractivity contribution in [2.75, 3.05) is 25.6 Å². The fourth-order valence-electron chi connectivity index (χ4n) is 5.52. The van der Waals surface area contributed by atoms with Crippen LogP contribution in [0, 0.1) is 0 Å². The number of rotatable bonds is 11. The minimum absolute atomic E-state index is 0.0366. The third-order valence-corrected chi connectivity index (χ3v) is 8.80. The number of thiophene rings is 1. The molecule has 2 aromatic carbocycles. The lowest BCUT2D eigenvalue weighted by atomic mass is 9.93. The van der Waals surface area contributed by atoms with Crippen molar-refractivity contribution in [1.82, 2.24) is 15.6 Å². The van der Waals surface area contributed by atoms with Crippen molar-refractivity contribution in [2.24, 2.45) is 0 Å². The molecule has 12 nitrogen and oxygen atoms in total. The summed E-state index contributed by atoms with van der Waals surface area (Å²) in [7, 11) is 1.23. The fraction of sp³-hybridized carbons (Fsp3) is 0.359. The second-order valence-corrected chi connectivity index (χ2v) is 14.3. The molecule has 2 aromatic heterocycles. The quantitative estimate of drug-likeness (QED) is 0.134. The van der Waals surface area contributed by atoms with Gasteiger partial charge in [0.25, 0.3) is 11.8 Å². The first-order chi connectivity index (χ1) is 24.8. The predicted octanol–water partition coefficient (Wildman–Crippen LogP) is 7.40. The number of pyridine rings is 1. The van der Waals surface area contributed by atoms with E-state index in [1.165, 1.54) is 13.2 Å². The number of carbonyl (C=O) groups is 4. The molecule has 1 aliphatic heterocycles. The third-order valence-electron chi connectivity index (χ3n) is 7.81. The molecule has 5 rings (SSSR count). The highest BCUT2D eigenvalue weighted by Crippen LogP contribution is 2.43. The molecule has 3 amide bonds. The van der Waals surface area contributed by atoms with E-state index in [-0.39, 0.29) is 35.2 Å². The van der Waals surface area contributed by atoms with Gasteiger partial charge in [0.15, 0.2) is 5.69 Å². The Morgan fingerprint density at radius 2 is 1.75 bits per heavy atom. The smallest absolute Gasteiger partial charge is 0.407 e. The molecule has 274 valence electrons. The van der Waals surface area contributed by atoms with E-state index in [1.807, 2.05) is 32.2 Å². The van der Waals surface area contributed by atoms with Crippen LogP contribution < -0.4 is 25.4 Å². The van der Waals surface area contributed by atoms with E-state index in [4.69, 9.17) is 18.9 Å². The number of alkyl carbamates (subject to hydrolysis) is 1. The van der Waals surface area contributed by atoms with Gasteiger partial charge in [-0.2, -0.15) is 0 Å². The lowest BCUT2D eigenvalue weighted by Crippen LogP contribution is -2.32. The molecule has 0 unspecified atom stereocenters. The van der Waals surface area contributed by atoms with Crippen LogP contribution in [0.25, 0.3) is 21.6 Å². The Labute approximate surface area is 307 Å². The van der Waals surface area contributed by atoms with Crippen LogP contribution in [0.15, 0.2) is 53.9 Å². The predicted molar refractivity (Wildman–Crippen MR) is 199 cm³/mol. The summed E-state index contributed by atoms with van der Waals surface area (Å²) in [5.41, 5.74) is 3.09. The van der Waals surface area contributed by atoms with E-state index in [0.29, 0.717) is 42.3 Å². The van der Waals surface area contributed by atoms with Crippen molar-refractivity contribution in [3.05, 3.63) is 82.0 Å². The molecule has 0 aliphatic carbocycles. The largest absolute Gasteiger partial charge is 0.493 e. The van der Waals surface area contributed by atoms with Gasteiger partial charge in [-0.15, -0.1) is 11.3 Å². The van der Waals surface area contributed by atoms with Crippen molar-refractivity contribution in [3.63, 3.8) is 0 Å². The Kier molecular flexibility index (Phi) is 11.8. The number of benzene rings is 2. The van der Waals surface area contributed by atoms with Crippen LogP contribution in [-0.2, 0) is 22.4 Å². The second-order valence-electron chi connectivity index (χ2n) is 13.4. The molecule has 0 bridgehead atoms. The van der Waals surface area contributed by atoms with Crippen molar-refractivity contribution in [2.45, 2.75) is 72.6 Å². The number of aromatic nitrogens is 1. The van der Waals surface area contributed by atoms with E-state index >= 15 is 0 Å². The average Bonchev–Trinajstić information content (AvgIpc) is 3.50. The molecule has 0 spiro atoms. The van der Waals surface area contributed by atoms with Gasteiger partial charge in [-0.3, -0.25) is 9.59 Å². The van der Waals surface area contributed by atoms with Gasteiger partial charge < -0.3 is 34.9 Å². The lowest BCUT2D eigenvalue weighted by molar-refractivity contribution is 0.0521. The number of nitrogens with one attached hydrogen (secondary N) is 3. The van der Waals surface area contributed by atoms with Gasteiger partial charge in [0.2, 0.25) is 0 Å². The SMILES string of the molecule is CCCNC(=O)c1ccc(-c2cc3c(cc2C(=O)Nc2ccc(CNC(=O)OC(C)(C)C)cc2OC(C)C)-c2sccc2CCO3)c(C(=O)OC)n1. The summed E-state index contributed by atoms with van der Waals surface area (Å²) < 4.78 is 22.7. The van der Waals surface area contributed by atoms with Crippen LogP contribution in [-0.4, -0.2) is 60.8 Å². The van der Waals surface area contributed by atoms with Gasteiger partial charge in [-0.25, -0.2) is 14.6 Å². The van der Waals surface area contributed by atoms with Crippen molar-refractivity contribution in [3.8, 4) is 33.1 Å². The maximum atomic E-state index is 14.5. The number of nitrogens with zero attached hydrogens (tertiary/aromatic N) is 1. The number of methoxy groups -OCH3 is 1. The summed E-state index contributed by atoms with van der Waals surface area (Å²) in [5, 5.41) is 10.5. The maximum Gasteiger partial charge on any atom is 0.407 e. The van der Waals surface area contributed by atoms with Crippen LogP contribution >= 0.6 is 11.3 Å². The molecule has 52 heavy (non-hydrogen) atoms. The van der Waals surface area contributed by atoms with Crippen molar-refractivity contribution < 1.29 is 38.1 Å². The summed E-state index contributed by atoms with van der Waals surface area (Å²) in [6.45, 7) is 12.1. The summed E-state index contributed by atoms with van der Waals surface area (Å²) in [5.74, 6) is -0.764. The number of anilines is 1. The zero-order chi connectivity index (χ0) is 37.6. The monoisotopic (exact) mass is 728 g/mol. The number of ether oxygens (including phenoxy) is 4. The zero-order valence-electron chi connectivity index (χ0n) is 30.4. The second kappa shape index (κ2) is 16.3. The van der Waals surface area contributed by atoms with E-state index in [9.17, 15) is 19.2 Å². The van der Waals surface area contributed by atoms with Crippen LogP contribution in [0.4, 0.5) is 10.5 Å². The Balaban J connectivity index is 1.59. The third kappa shape index (κ3) is 9.07. The van der Waals surface area contributed by atoms with Crippen LogP contribution in [0.2, 0.25) is 0 Å². The van der Waals surface area contributed by atoms with E-state index < -0.39 is 29.5 Å². The Morgan fingerprint density at radius 3 is 2.46 bits per heavy atom. The number of esters is 1. The number of hydrogen-bond acceptors (Lipinski definition) is 10. The molecule has 3 heterocycles. The molecule has 0 radical (unpaired) electrons. The first-order valence-electron chi connectivity index (χ1n) is 17.1. The first kappa shape index (κ1) is 37.8. The Bertz CT molecular complexity index is 1980. The highest BCUT2D eigenvalue weighted by atomic mass is 32.1. The van der Waals surface area contributed by atoms with Crippen LogP contribution in [0.1, 0.15) is 90.4 Å². The van der Waals surface area contributed by atoms with E-state index in [0.717, 1.165) is 28.0 Å². The summed E-state index contributed by atoms with van der Waals surface area (Å²) in [6.07, 6.45) is 0.624. The zero-order valence-corrected chi connectivity index (χ0v) is 31.2. The number of amides is 3. The van der Waals surface area contributed by atoms with Crippen LogP contribution in [0.5, 0.6) is 11.5 Å². The van der Waals surface area contributed by atoms with Gasteiger partial charge >= 0.3 is 12.1 Å². The Hall–Kier alpha value is -5.43. The molecule has 4 aromatic rings. The number of fused-ring (bicyclic) bond motifs is 3.